The zero-order chi connectivity index (χ0) is 17.7. The summed E-state index contributed by atoms with van der Waals surface area (Å²) in [6, 6.07) is 26.5. The van der Waals surface area contributed by atoms with Crippen molar-refractivity contribution in [1.29, 1.82) is 0 Å². The highest BCUT2D eigenvalue weighted by molar-refractivity contribution is 7.85. The molecule has 3 aromatic carbocycles. The summed E-state index contributed by atoms with van der Waals surface area (Å²) < 4.78 is 31.6. The molecular weight excluding hydrogens is 334 g/mol. The zero-order valence-corrected chi connectivity index (χ0v) is 14.4. The van der Waals surface area contributed by atoms with Crippen LogP contribution in [0, 0.1) is 0 Å². The van der Waals surface area contributed by atoms with Crippen LogP contribution in [0.3, 0.4) is 0 Å². The Balaban J connectivity index is 1.90. The van der Waals surface area contributed by atoms with Gasteiger partial charge in [0.1, 0.15) is 0 Å². The van der Waals surface area contributed by atoms with Crippen LogP contribution in [0.25, 0.3) is 0 Å². The van der Waals surface area contributed by atoms with Gasteiger partial charge in [0, 0.05) is 18.8 Å². The van der Waals surface area contributed by atoms with Crippen molar-refractivity contribution >= 4 is 15.8 Å². The lowest BCUT2D eigenvalue weighted by Gasteiger charge is -2.25. The van der Waals surface area contributed by atoms with Crippen LogP contribution in [0.2, 0.25) is 0 Å². The molecule has 0 amide bonds. The Morgan fingerprint density at radius 1 is 0.680 bits per heavy atom. The van der Waals surface area contributed by atoms with Crippen LogP contribution in [-0.2, 0) is 23.2 Å². The number of hydrogen-bond acceptors (Lipinski definition) is 3. The Labute approximate surface area is 148 Å². The van der Waals surface area contributed by atoms with E-state index in [1.165, 1.54) is 12.1 Å². The van der Waals surface area contributed by atoms with Crippen LogP contribution in [0.15, 0.2) is 89.8 Å². The lowest BCUT2D eigenvalue weighted by atomic mass is 10.1. The van der Waals surface area contributed by atoms with Gasteiger partial charge in [-0.2, -0.15) is 8.42 Å². The molecule has 1 N–H and O–H groups in total. The van der Waals surface area contributed by atoms with Crippen molar-refractivity contribution in [3.63, 3.8) is 0 Å². The van der Waals surface area contributed by atoms with E-state index in [4.69, 9.17) is 4.55 Å². The molecule has 0 heterocycles. The molecule has 128 valence electrons. The Hall–Kier alpha value is -2.63. The van der Waals surface area contributed by atoms with E-state index >= 15 is 0 Å². The number of rotatable bonds is 6. The predicted octanol–water partition coefficient (Wildman–Crippen LogP) is 4.14. The SMILES string of the molecule is O=S(=O)(O)c1ccc(N(Cc2ccccc2)Cc2ccccc2)cc1. The Morgan fingerprint density at radius 3 is 1.52 bits per heavy atom. The first-order chi connectivity index (χ1) is 12.0. The fraction of sp³-hybridized carbons (Fsp3) is 0.100. The van der Waals surface area contributed by atoms with E-state index in [0.29, 0.717) is 13.1 Å². The van der Waals surface area contributed by atoms with E-state index in [9.17, 15) is 8.42 Å². The molecule has 0 aliphatic carbocycles. The summed E-state index contributed by atoms with van der Waals surface area (Å²) in [6.07, 6.45) is 0. The van der Waals surface area contributed by atoms with E-state index in [-0.39, 0.29) is 4.90 Å². The van der Waals surface area contributed by atoms with Gasteiger partial charge in [-0.25, -0.2) is 0 Å². The average Bonchev–Trinajstić information content (AvgIpc) is 2.62. The molecule has 3 aromatic rings. The summed E-state index contributed by atoms with van der Waals surface area (Å²) in [5.41, 5.74) is 3.22. The summed E-state index contributed by atoms with van der Waals surface area (Å²) in [5.74, 6) is 0. The first-order valence-corrected chi connectivity index (χ1v) is 9.37. The maximum absolute atomic E-state index is 11.2. The molecule has 0 radical (unpaired) electrons. The third-order valence-electron chi connectivity index (χ3n) is 3.93. The van der Waals surface area contributed by atoms with Crippen molar-refractivity contribution in [1.82, 2.24) is 0 Å². The highest BCUT2D eigenvalue weighted by Crippen LogP contribution is 2.22. The summed E-state index contributed by atoms with van der Waals surface area (Å²) in [4.78, 5) is 2.06. The molecule has 0 spiro atoms. The minimum atomic E-state index is -4.18. The molecule has 0 saturated carbocycles. The Morgan fingerprint density at radius 2 is 1.12 bits per heavy atom. The Kier molecular flexibility index (Phi) is 5.16. The summed E-state index contributed by atoms with van der Waals surface area (Å²) >= 11 is 0. The van der Waals surface area contributed by atoms with Gasteiger partial charge >= 0.3 is 0 Å². The van der Waals surface area contributed by atoms with Gasteiger partial charge in [0.25, 0.3) is 10.1 Å². The second kappa shape index (κ2) is 7.51. The molecule has 5 heteroatoms. The normalized spacial score (nSPS) is 11.2. The maximum Gasteiger partial charge on any atom is 0.294 e. The van der Waals surface area contributed by atoms with Crippen LogP contribution < -0.4 is 4.90 Å². The average molecular weight is 353 g/mol. The van der Waals surface area contributed by atoms with Crippen molar-refractivity contribution in [3.05, 3.63) is 96.1 Å². The quantitative estimate of drug-likeness (QED) is 0.677. The van der Waals surface area contributed by atoms with Crippen molar-refractivity contribution in [2.24, 2.45) is 0 Å². The van der Waals surface area contributed by atoms with E-state index < -0.39 is 10.1 Å². The van der Waals surface area contributed by atoms with E-state index in [2.05, 4.69) is 29.2 Å². The van der Waals surface area contributed by atoms with Gasteiger partial charge in [-0.1, -0.05) is 60.7 Å². The monoisotopic (exact) mass is 353 g/mol. The summed E-state index contributed by atoms with van der Waals surface area (Å²) in [7, 11) is -4.18. The highest BCUT2D eigenvalue weighted by atomic mass is 32.2. The minimum absolute atomic E-state index is 0.101. The molecule has 0 saturated heterocycles. The van der Waals surface area contributed by atoms with Crippen molar-refractivity contribution in [3.8, 4) is 0 Å². The first-order valence-electron chi connectivity index (χ1n) is 7.93. The first kappa shape index (κ1) is 17.2. The lowest BCUT2D eigenvalue weighted by Crippen LogP contribution is -2.22. The van der Waals surface area contributed by atoms with E-state index in [0.717, 1.165) is 16.8 Å². The smallest absolute Gasteiger partial charge is 0.294 e. The zero-order valence-electron chi connectivity index (χ0n) is 13.6. The molecule has 0 bridgehead atoms. The molecular formula is C20H19NO3S. The molecule has 0 aliphatic rings. The van der Waals surface area contributed by atoms with Gasteiger partial charge in [0.2, 0.25) is 0 Å². The fourth-order valence-corrected chi connectivity index (χ4v) is 3.16. The molecule has 0 unspecified atom stereocenters. The maximum atomic E-state index is 11.2. The fourth-order valence-electron chi connectivity index (χ4n) is 2.68. The molecule has 0 fully saturated rings. The number of hydrogen-bond donors (Lipinski definition) is 1. The number of anilines is 1. The third kappa shape index (κ3) is 4.68. The van der Waals surface area contributed by atoms with Crippen LogP contribution in [0.1, 0.15) is 11.1 Å². The van der Waals surface area contributed by atoms with Crippen LogP contribution in [-0.4, -0.2) is 13.0 Å². The summed E-state index contributed by atoms with van der Waals surface area (Å²) in [5, 5.41) is 0. The van der Waals surface area contributed by atoms with Crippen molar-refractivity contribution in [2.45, 2.75) is 18.0 Å². The van der Waals surface area contributed by atoms with Crippen molar-refractivity contribution < 1.29 is 13.0 Å². The topological polar surface area (TPSA) is 57.6 Å². The van der Waals surface area contributed by atoms with E-state index in [1.54, 1.807) is 12.1 Å². The van der Waals surface area contributed by atoms with Crippen LogP contribution in [0.5, 0.6) is 0 Å². The minimum Gasteiger partial charge on any atom is -0.363 e. The molecule has 25 heavy (non-hydrogen) atoms. The second-order valence-corrected chi connectivity index (χ2v) is 7.22. The molecule has 4 nitrogen and oxygen atoms in total. The highest BCUT2D eigenvalue weighted by Gasteiger charge is 2.12. The second-order valence-electron chi connectivity index (χ2n) is 5.80. The number of benzene rings is 3. The number of nitrogens with zero attached hydrogens (tertiary/aromatic N) is 1. The van der Waals surface area contributed by atoms with Gasteiger partial charge in [-0.3, -0.25) is 4.55 Å². The summed E-state index contributed by atoms with van der Waals surface area (Å²) in [6.45, 7) is 1.39. The van der Waals surface area contributed by atoms with Gasteiger partial charge in [0.05, 0.1) is 4.90 Å². The van der Waals surface area contributed by atoms with Crippen LogP contribution in [0.4, 0.5) is 5.69 Å². The van der Waals surface area contributed by atoms with Gasteiger partial charge in [-0.15, -0.1) is 0 Å². The van der Waals surface area contributed by atoms with Crippen LogP contribution >= 0.6 is 0 Å². The molecule has 3 rings (SSSR count). The molecule has 0 atom stereocenters. The lowest BCUT2D eigenvalue weighted by molar-refractivity contribution is 0.483. The largest absolute Gasteiger partial charge is 0.363 e. The standard InChI is InChI=1S/C20H19NO3S/c22-25(23,24)20-13-11-19(12-14-20)21(15-17-7-3-1-4-8-17)16-18-9-5-2-6-10-18/h1-14H,15-16H2,(H,22,23,24). The molecule has 0 aromatic heterocycles. The van der Waals surface area contributed by atoms with E-state index in [1.807, 2.05) is 36.4 Å². The Bertz CT molecular complexity index is 867. The predicted molar refractivity (Wildman–Crippen MR) is 99.0 cm³/mol. The van der Waals surface area contributed by atoms with Gasteiger partial charge < -0.3 is 4.90 Å². The third-order valence-corrected chi connectivity index (χ3v) is 4.80. The molecule has 0 aliphatic heterocycles. The van der Waals surface area contributed by atoms with Gasteiger partial charge in [0.15, 0.2) is 0 Å². The van der Waals surface area contributed by atoms with Gasteiger partial charge in [-0.05, 0) is 35.4 Å². The van der Waals surface area contributed by atoms with Crippen molar-refractivity contribution in [2.75, 3.05) is 4.90 Å².